The largest absolute Gasteiger partial charge is 0.343 e. The van der Waals surface area contributed by atoms with Crippen LogP contribution < -0.4 is 5.69 Å². The van der Waals surface area contributed by atoms with Crippen molar-refractivity contribution in [2.45, 2.75) is 6.54 Å². The zero-order chi connectivity index (χ0) is 8.43. The highest BCUT2D eigenvalue weighted by molar-refractivity contribution is 4.83. The lowest BCUT2D eigenvalue weighted by Gasteiger charge is -2.06. The Morgan fingerprint density at radius 2 is 2.27 bits per heavy atom. The Morgan fingerprint density at radius 1 is 1.64 bits per heavy atom. The van der Waals surface area contributed by atoms with Crippen molar-refractivity contribution in [1.29, 1.82) is 0 Å². The topological polar surface area (TPSA) is 53.9 Å². The number of nitrogens with zero attached hydrogens (tertiary/aromatic N) is 3. The van der Waals surface area contributed by atoms with Crippen LogP contribution in [-0.2, 0) is 13.6 Å². The van der Waals surface area contributed by atoms with Gasteiger partial charge in [0.05, 0.1) is 6.54 Å². The fraction of sp³-hybridized carbons (Fsp3) is 0.667. The molecule has 0 bridgehead atoms. The summed E-state index contributed by atoms with van der Waals surface area (Å²) in [7, 11) is 5.56. The van der Waals surface area contributed by atoms with Crippen molar-refractivity contribution in [2.75, 3.05) is 14.1 Å². The lowest BCUT2D eigenvalue weighted by atomic mass is 10.5. The maximum Gasteiger partial charge on any atom is 0.343 e. The summed E-state index contributed by atoms with van der Waals surface area (Å²) in [6.45, 7) is 0.676. The Bertz CT molecular complexity index is 285. The smallest absolute Gasteiger partial charge is 0.302 e. The first kappa shape index (κ1) is 8.00. The van der Waals surface area contributed by atoms with Gasteiger partial charge in [0.15, 0.2) is 0 Å². The molecule has 0 aromatic carbocycles. The van der Waals surface area contributed by atoms with Crippen LogP contribution in [0.3, 0.4) is 0 Å². The summed E-state index contributed by atoms with van der Waals surface area (Å²) in [5, 5.41) is 6.21. The first-order valence-electron chi connectivity index (χ1n) is 3.36. The molecule has 62 valence electrons. The van der Waals surface area contributed by atoms with Crippen LogP contribution in [0.25, 0.3) is 0 Å². The molecule has 0 saturated carbocycles. The van der Waals surface area contributed by atoms with Gasteiger partial charge < -0.3 is 4.90 Å². The highest BCUT2D eigenvalue weighted by atomic mass is 16.1. The number of H-pyrrole nitrogens is 1. The van der Waals surface area contributed by atoms with Crippen molar-refractivity contribution in [3.05, 3.63) is 16.3 Å². The summed E-state index contributed by atoms with van der Waals surface area (Å²) in [5.74, 6) is 0.750. The molecule has 1 N–H and O–H groups in total. The maximum atomic E-state index is 10.8. The Labute approximate surface area is 64.6 Å². The maximum absolute atomic E-state index is 10.8. The van der Waals surface area contributed by atoms with Crippen LogP contribution in [0.1, 0.15) is 5.82 Å². The standard InChI is InChI=1S/C6H12N4O/c1-9(2)4-5-7-8-6(11)10(5)3/h4H2,1-3H3,(H,8,11). The SMILES string of the molecule is CN(C)Cc1n[nH]c(=O)n1C. The summed E-state index contributed by atoms with van der Waals surface area (Å²) in [6.07, 6.45) is 0. The van der Waals surface area contributed by atoms with Gasteiger partial charge in [-0.2, -0.15) is 5.10 Å². The average molecular weight is 156 g/mol. The second-order valence-corrected chi connectivity index (χ2v) is 2.74. The summed E-state index contributed by atoms with van der Waals surface area (Å²) < 4.78 is 1.50. The normalized spacial score (nSPS) is 10.9. The lowest BCUT2D eigenvalue weighted by molar-refractivity contribution is 0.383. The number of rotatable bonds is 2. The van der Waals surface area contributed by atoms with E-state index in [1.54, 1.807) is 7.05 Å². The van der Waals surface area contributed by atoms with Gasteiger partial charge in [-0.25, -0.2) is 9.89 Å². The molecule has 0 spiro atoms. The molecule has 0 fully saturated rings. The van der Waals surface area contributed by atoms with Gasteiger partial charge >= 0.3 is 5.69 Å². The van der Waals surface area contributed by atoms with E-state index in [9.17, 15) is 4.79 Å². The predicted molar refractivity (Wildman–Crippen MR) is 41.2 cm³/mol. The second-order valence-electron chi connectivity index (χ2n) is 2.74. The third kappa shape index (κ3) is 1.68. The van der Waals surface area contributed by atoms with Gasteiger partial charge in [0.25, 0.3) is 0 Å². The third-order valence-electron chi connectivity index (χ3n) is 1.43. The number of aromatic nitrogens is 3. The molecule has 0 unspecified atom stereocenters. The molecule has 5 heteroatoms. The van der Waals surface area contributed by atoms with Gasteiger partial charge in [0, 0.05) is 7.05 Å². The number of hydrogen-bond acceptors (Lipinski definition) is 3. The zero-order valence-corrected chi connectivity index (χ0v) is 6.96. The van der Waals surface area contributed by atoms with E-state index < -0.39 is 0 Å². The van der Waals surface area contributed by atoms with E-state index in [2.05, 4.69) is 10.2 Å². The predicted octanol–water partition coefficient (Wildman–Crippen LogP) is -0.830. The van der Waals surface area contributed by atoms with Crippen molar-refractivity contribution in [3.8, 4) is 0 Å². The summed E-state index contributed by atoms with van der Waals surface area (Å²) in [4.78, 5) is 12.8. The van der Waals surface area contributed by atoms with Crippen molar-refractivity contribution < 1.29 is 0 Å². The van der Waals surface area contributed by atoms with Crippen LogP contribution in [0.15, 0.2) is 4.79 Å². The second kappa shape index (κ2) is 2.87. The van der Waals surface area contributed by atoms with Crippen molar-refractivity contribution in [3.63, 3.8) is 0 Å². The average Bonchev–Trinajstić information content (AvgIpc) is 2.18. The molecule has 0 aliphatic rings. The minimum Gasteiger partial charge on any atom is -0.302 e. The van der Waals surface area contributed by atoms with Gasteiger partial charge in [-0.15, -0.1) is 0 Å². The molecule has 1 aromatic rings. The van der Waals surface area contributed by atoms with Crippen LogP contribution in [0, 0.1) is 0 Å². The van der Waals surface area contributed by atoms with Crippen molar-refractivity contribution >= 4 is 0 Å². The van der Waals surface area contributed by atoms with Crippen molar-refractivity contribution in [2.24, 2.45) is 7.05 Å². The summed E-state index contributed by atoms with van der Waals surface area (Å²) in [5.41, 5.74) is -0.165. The molecule has 1 aromatic heterocycles. The molecule has 0 radical (unpaired) electrons. The van der Waals surface area contributed by atoms with Gasteiger partial charge in [-0.05, 0) is 14.1 Å². The van der Waals surface area contributed by atoms with E-state index in [4.69, 9.17) is 0 Å². The molecule has 1 heterocycles. The fourth-order valence-corrected chi connectivity index (χ4v) is 0.804. The molecule has 5 nitrogen and oxygen atoms in total. The minimum atomic E-state index is -0.165. The van der Waals surface area contributed by atoms with Gasteiger partial charge in [-0.1, -0.05) is 0 Å². The molecular formula is C6H12N4O. The third-order valence-corrected chi connectivity index (χ3v) is 1.43. The van der Waals surface area contributed by atoms with Gasteiger partial charge in [0.2, 0.25) is 0 Å². The Balaban J connectivity index is 2.87. The summed E-state index contributed by atoms with van der Waals surface area (Å²) in [6, 6.07) is 0. The van der Waals surface area contributed by atoms with Gasteiger partial charge in [-0.3, -0.25) is 4.57 Å². The molecule has 0 aliphatic carbocycles. The summed E-state index contributed by atoms with van der Waals surface area (Å²) >= 11 is 0. The number of aromatic amines is 1. The molecular weight excluding hydrogens is 144 g/mol. The van der Waals surface area contributed by atoms with E-state index in [1.807, 2.05) is 19.0 Å². The van der Waals surface area contributed by atoms with E-state index in [-0.39, 0.29) is 5.69 Å². The molecule has 11 heavy (non-hydrogen) atoms. The van der Waals surface area contributed by atoms with E-state index in [0.29, 0.717) is 6.54 Å². The zero-order valence-electron chi connectivity index (χ0n) is 6.96. The molecule has 0 aliphatic heterocycles. The Kier molecular flexibility index (Phi) is 2.09. The van der Waals surface area contributed by atoms with Crippen molar-refractivity contribution in [1.82, 2.24) is 19.7 Å². The van der Waals surface area contributed by atoms with Crippen LogP contribution in [-0.4, -0.2) is 33.8 Å². The van der Waals surface area contributed by atoms with Crippen LogP contribution >= 0.6 is 0 Å². The Hall–Kier alpha value is -1.10. The highest BCUT2D eigenvalue weighted by Gasteiger charge is 2.03. The molecule has 0 atom stereocenters. The highest BCUT2D eigenvalue weighted by Crippen LogP contribution is 1.90. The first-order valence-corrected chi connectivity index (χ1v) is 3.36. The molecule has 0 saturated heterocycles. The number of hydrogen-bond donors (Lipinski definition) is 1. The van der Waals surface area contributed by atoms with Crippen LogP contribution in [0.4, 0.5) is 0 Å². The fourth-order valence-electron chi connectivity index (χ4n) is 0.804. The van der Waals surface area contributed by atoms with E-state index in [0.717, 1.165) is 5.82 Å². The van der Waals surface area contributed by atoms with Gasteiger partial charge in [0.1, 0.15) is 5.82 Å². The quantitative estimate of drug-likeness (QED) is 0.608. The molecule has 0 amide bonds. The molecule has 1 rings (SSSR count). The number of nitrogens with one attached hydrogen (secondary N) is 1. The van der Waals surface area contributed by atoms with E-state index in [1.165, 1.54) is 4.57 Å². The first-order chi connectivity index (χ1) is 5.11. The minimum absolute atomic E-state index is 0.165. The van der Waals surface area contributed by atoms with E-state index >= 15 is 0 Å². The lowest BCUT2D eigenvalue weighted by Crippen LogP contribution is -2.19. The monoisotopic (exact) mass is 156 g/mol. The van der Waals surface area contributed by atoms with Crippen LogP contribution in [0.2, 0.25) is 0 Å². The van der Waals surface area contributed by atoms with Crippen LogP contribution in [0.5, 0.6) is 0 Å². The Morgan fingerprint density at radius 3 is 2.64 bits per heavy atom.